The Kier molecular flexibility index (Phi) is 7.02. The van der Waals surface area contributed by atoms with Gasteiger partial charge in [-0.3, -0.25) is 9.59 Å². The average molecular weight is 525 g/mol. The zero-order valence-corrected chi connectivity index (χ0v) is 23.9. The van der Waals surface area contributed by atoms with Gasteiger partial charge in [0.05, 0.1) is 11.4 Å². The molecular weight excluding hydrogens is 488 g/mol. The highest BCUT2D eigenvalue weighted by Gasteiger charge is 2.44. The molecule has 0 aliphatic carbocycles. The molecule has 3 aromatic rings. The molecular formula is C33H36N2O4. The maximum atomic E-state index is 13.9. The van der Waals surface area contributed by atoms with Crippen LogP contribution in [-0.4, -0.2) is 23.0 Å². The van der Waals surface area contributed by atoms with Crippen LogP contribution in [0.15, 0.2) is 66.2 Å². The molecule has 0 saturated carbocycles. The summed E-state index contributed by atoms with van der Waals surface area (Å²) in [5, 5.41) is 11.2. The summed E-state index contributed by atoms with van der Waals surface area (Å²) in [6.45, 7) is 15.6. The number of aromatic hydroxyl groups is 1. The van der Waals surface area contributed by atoms with Gasteiger partial charge in [0.1, 0.15) is 11.3 Å². The minimum absolute atomic E-state index is 0.133. The summed E-state index contributed by atoms with van der Waals surface area (Å²) in [6.07, 6.45) is 1.54. The fourth-order valence-corrected chi connectivity index (χ4v) is 4.83. The topological polar surface area (TPSA) is 77.9 Å². The second-order valence-corrected chi connectivity index (χ2v) is 12.2. The van der Waals surface area contributed by atoms with E-state index in [0.29, 0.717) is 28.1 Å². The molecule has 6 heteroatoms. The maximum absolute atomic E-state index is 13.9. The molecule has 6 nitrogen and oxygen atoms in total. The highest BCUT2D eigenvalue weighted by Crippen LogP contribution is 2.41. The lowest BCUT2D eigenvalue weighted by atomic mass is 9.78. The summed E-state index contributed by atoms with van der Waals surface area (Å²) >= 11 is 0. The first kappa shape index (κ1) is 27.8. The third-order valence-electron chi connectivity index (χ3n) is 7.02. The second-order valence-electron chi connectivity index (χ2n) is 12.2. The van der Waals surface area contributed by atoms with Gasteiger partial charge in [-0.05, 0) is 71.7 Å². The van der Waals surface area contributed by atoms with Gasteiger partial charge in [0.25, 0.3) is 11.8 Å². The number of nitrogens with zero attached hydrogens (tertiary/aromatic N) is 2. The molecule has 0 unspecified atom stereocenters. The number of amides is 4. The van der Waals surface area contributed by atoms with Crippen LogP contribution in [0.3, 0.4) is 0 Å². The first-order chi connectivity index (χ1) is 18.1. The number of hydrogen-bond acceptors (Lipinski definition) is 4. The van der Waals surface area contributed by atoms with Gasteiger partial charge in [-0.25, -0.2) is 14.6 Å². The van der Waals surface area contributed by atoms with E-state index in [1.54, 1.807) is 24.3 Å². The molecule has 4 amide bonds. The number of hydrogen-bond donors (Lipinski definition) is 1. The van der Waals surface area contributed by atoms with Crippen molar-refractivity contribution >= 4 is 35.3 Å². The number of barbiturate groups is 1. The number of urea groups is 1. The van der Waals surface area contributed by atoms with E-state index in [9.17, 15) is 19.5 Å². The van der Waals surface area contributed by atoms with Crippen molar-refractivity contribution in [3.05, 3.63) is 94.1 Å². The van der Waals surface area contributed by atoms with E-state index in [1.807, 2.05) is 91.8 Å². The Labute approximate surface area is 230 Å². The minimum atomic E-state index is -0.720. The lowest BCUT2D eigenvalue weighted by Crippen LogP contribution is -2.57. The normalized spacial score (nSPS) is 14.8. The van der Waals surface area contributed by atoms with Crippen LogP contribution in [0.4, 0.5) is 16.2 Å². The van der Waals surface area contributed by atoms with Crippen molar-refractivity contribution < 1.29 is 19.5 Å². The third kappa shape index (κ3) is 5.11. The van der Waals surface area contributed by atoms with Gasteiger partial charge in [0.15, 0.2) is 0 Å². The summed E-state index contributed by atoms with van der Waals surface area (Å²) in [5.41, 5.74) is 3.39. The lowest BCUT2D eigenvalue weighted by Gasteiger charge is -2.35. The molecule has 0 atom stereocenters. The van der Waals surface area contributed by atoms with Crippen molar-refractivity contribution in [3.8, 4) is 5.75 Å². The number of anilines is 2. The molecule has 1 N–H and O–H groups in total. The molecule has 1 heterocycles. The number of carbonyl (C=O) groups is 3. The van der Waals surface area contributed by atoms with Gasteiger partial charge < -0.3 is 5.11 Å². The van der Waals surface area contributed by atoms with Crippen molar-refractivity contribution in [2.45, 2.75) is 66.2 Å². The van der Waals surface area contributed by atoms with E-state index >= 15 is 0 Å². The van der Waals surface area contributed by atoms with Gasteiger partial charge >= 0.3 is 6.03 Å². The van der Waals surface area contributed by atoms with Crippen LogP contribution in [0.2, 0.25) is 0 Å². The van der Waals surface area contributed by atoms with Crippen LogP contribution < -0.4 is 9.80 Å². The highest BCUT2D eigenvalue weighted by molar-refractivity contribution is 6.46. The van der Waals surface area contributed by atoms with Gasteiger partial charge in [0.2, 0.25) is 0 Å². The van der Waals surface area contributed by atoms with E-state index in [4.69, 9.17) is 0 Å². The fourth-order valence-electron chi connectivity index (χ4n) is 4.83. The summed E-state index contributed by atoms with van der Waals surface area (Å²) in [4.78, 5) is 43.8. The van der Waals surface area contributed by atoms with Gasteiger partial charge in [-0.15, -0.1) is 0 Å². The number of benzene rings is 3. The molecule has 1 fully saturated rings. The molecule has 0 aromatic heterocycles. The number of rotatable bonds is 3. The quantitative estimate of drug-likeness (QED) is 0.291. The Morgan fingerprint density at radius 1 is 0.667 bits per heavy atom. The zero-order chi connectivity index (χ0) is 28.9. The number of phenolic OH excluding ortho intramolecular Hbond substituents is 1. The van der Waals surface area contributed by atoms with E-state index in [2.05, 4.69) is 0 Å². The van der Waals surface area contributed by atoms with Gasteiger partial charge in [-0.2, -0.15) is 0 Å². The fraction of sp³-hybridized carbons (Fsp3) is 0.303. The van der Waals surface area contributed by atoms with Crippen molar-refractivity contribution in [2.75, 3.05) is 9.80 Å². The van der Waals surface area contributed by atoms with Gasteiger partial charge in [0, 0.05) is 11.1 Å². The predicted molar refractivity (Wildman–Crippen MR) is 156 cm³/mol. The molecule has 3 aromatic carbocycles. The van der Waals surface area contributed by atoms with Crippen LogP contribution in [0, 0.1) is 13.8 Å². The van der Waals surface area contributed by atoms with Crippen LogP contribution in [0.1, 0.15) is 69.4 Å². The first-order valence-electron chi connectivity index (χ1n) is 13.1. The van der Waals surface area contributed by atoms with Crippen molar-refractivity contribution in [3.63, 3.8) is 0 Å². The first-order valence-corrected chi connectivity index (χ1v) is 13.1. The predicted octanol–water partition coefficient (Wildman–Crippen LogP) is 7.19. The van der Waals surface area contributed by atoms with Crippen molar-refractivity contribution in [1.29, 1.82) is 0 Å². The standard InChI is InChI=1S/C33H36N2O4/c1-20-13-9-11-15-26(20)34-29(37)23(30(38)35(31(34)39)27-16-12-10-14-21(27)2)17-22-18-24(32(3,4)5)28(36)25(19-22)33(6,7)8/h9-19,36H,1-8H3. The molecule has 0 spiro atoms. The van der Waals surface area contributed by atoms with E-state index in [0.717, 1.165) is 20.9 Å². The number of carbonyl (C=O) groups excluding carboxylic acids is 3. The molecule has 1 saturated heterocycles. The van der Waals surface area contributed by atoms with Crippen LogP contribution in [-0.2, 0) is 20.4 Å². The Balaban J connectivity index is 1.99. The molecule has 0 bridgehead atoms. The molecule has 4 rings (SSSR count). The lowest BCUT2D eigenvalue weighted by molar-refractivity contribution is -0.121. The molecule has 1 aliphatic heterocycles. The van der Waals surface area contributed by atoms with E-state index in [1.165, 1.54) is 6.08 Å². The summed E-state index contributed by atoms with van der Waals surface area (Å²) < 4.78 is 0. The average Bonchev–Trinajstić information content (AvgIpc) is 2.83. The zero-order valence-electron chi connectivity index (χ0n) is 23.9. The summed E-state index contributed by atoms with van der Waals surface area (Å²) in [7, 11) is 0. The minimum Gasteiger partial charge on any atom is -0.507 e. The Hall–Kier alpha value is -4.19. The molecule has 1 aliphatic rings. The Morgan fingerprint density at radius 3 is 1.41 bits per heavy atom. The summed E-state index contributed by atoms with van der Waals surface area (Å²) in [6, 6.07) is 17.1. The van der Waals surface area contributed by atoms with Crippen LogP contribution in [0.25, 0.3) is 6.08 Å². The highest BCUT2D eigenvalue weighted by atomic mass is 16.3. The number of phenols is 1. The van der Waals surface area contributed by atoms with Crippen LogP contribution >= 0.6 is 0 Å². The third-order valence-corrected chi connectivity index (χ3v) is 7.02. The second kappa shape index (κ2) is 9.84. The maximum Gasteiger partial charge on any atom is 0.343 e. The Morgan fingerprint density at radius 2 is 1.05 bits per heavy atom. The smallest absolute Gasteiger partial charge is 0.343 e. The van der Waals surface area contributed by atoms with Crippen molar-refractivity contribution in [2.24, 2.45) is 0 Å². The van der Waals surface area contributed by atoms with Crippen molar-refractivity contribution in [1.82, 2.24) is 0 Å². The largest absolute Gasteiger partial charge is 0.507 e. The number of aryl methyl sites for hydroxylation is 2. The Bertz CT molecular complexity index is 1410. The van der Waals surface area contributed by atoms with Gasteiger partial charge in [-0.1, -0.05) is 77.9 Å². The molecule has 39 heavy (non-hydrogen) atoms. The van der Waals surface area contributed by atoms with Crippen LogP contribution in [0.5, 0.6) is 5.75 Å². The molecule has 0 radical (unpaired) electrons. The summed E-state index contributed by atoms with van der Waals surface area (Å²) in [5.74, 6) is -1.17. The number of imide groups is 2. The van der Waals surface area contributed by atoms with E-state index < -0.39 is 28.7 Å². The SMILES string of the molecule is Cc1ccccc1N1C(=O)C(=Cc2cc(C(C)(C)C)c(O)c(C(C)(C)C)c2)C(=O)N(c2ccccc2C)C1=O. The van der Waals surface area contributed by atoms with E-state index in [-0.39, 0.29) is 11.3 Å². The number of para-hydroxylation sites is 2. The molecule has 202 valence electrons. The monoisotopic (exact) mass is 524 g/mol.